The smallest absolute Gasteiger partial charge is 0.171 e. The highest BCUT2D eigenvalue weighted by molar-refractivity contribution is 5.52. The predicted molar refractivity (Wildman–Crippen MR) is 82.3 cm³/mol. The van der Waals surface area contributed by atoms with Crippen LogP contribution in [0.4, 0.5) is 5.82 Å². The zero-order valence-electron chi connectivity index (χ0n) is 12.4. The highest BCUT2D eigenvalue weighted by atomic mass is 16.5. The third kappa shape index (κ3) is 4.08. The van der Waals surface area contributed by atoms with Gasteiger partial charge in [0.2, 0.25) is 0 Å². The van der Waals surface area contributed by atoms with Gasteiger partial charge in [-0.25, -0.2) is 4.98 Å². The molecule has 0 aromatic carbocycles. The molecule has 1 aliphatic rings. The molecule has 0 spiro atoms. The Morgan fingerprint density at radius 1 is 1.30 bits per heavy atom. The van der Waals surface area contributed by atoms with Crippen LogP contribution in [-0.2, 0) is 0 Å². The van der Waals surface area contributed by atoms with Gasteiger partial charge in [-0.2, -0.15) is 0 Å². The van der Waals surface area contributed by atoms with E-state index in [2.05, 4.69) is 21.7 Å². The van der Waals surface area contributed by atoms with Crippen LogP contribution in [-0.4, -0.2) is 55.8 Å². The van der Waals surface area contributed by atoms with E-state index in [9.17, 15) is 0 Å². The van der Waals surface area contributed by atoms with E-state index in [1.54, 1.807) is 0 Å². The van der Waals surface area contributed by atoms with Gasteiger partial charge in [0.15, 0.2) is 11.6 Å². The van der Waals surface area contributed by atoms with Crippen molar-refractivity contribution in [3.05, 3.63) is 18.3 Å². The van der Waals surface area contributed by atoms with Gasteiger partial charge >= 0.3 is 0 Å². The minimum atomic E-state index is 0.731. The van der Waals surface area contributed by atoms with Crippen molar-refractivity contribution in [3.63, 3.8) is 0 Å². The number of nitrogens with two attached hydrogens (primary N) is 1. The van der Waals surface area contributed by atoms with Crippen molar-refractivity contribution < 1.29 is 4.74 Å². The minimum absolute atomic E-state index is 0.731. The van der Waals surface area contributed by atoms with Crippen molar-refractivity contribution >= 4 is 5.82 Å². The molecule has 0 radical (unpaired) electrons. The van der Waals surface area contributed by atoms with E-state index in [1.165, 1.54) is 0 Å². The van der Waals surface area contributed by atoms with Crippen molar-refractivity contribution in [2.24, 2.45) is 5.73 Å². The fourth-order valence-electron chi connectivity index (χ4n) is 2.53. The summed E-state index contributed by atoms with van der Waals surface area (Å²) in [5, 5.41) is 0. The second-order valence-corrected chi connectivity index (χ2v) is 5.14. The van der Waals surface area contributed by atoms with Gasteiger partial charge in [0, 0.05) is 38.9 Å². The Balaban J connectivity index is 2.03. The average molecular weight is 278 g/mol. The molecule has 1 aliphatic heterocycles. The lowest BCUT2D eigenvalue weighted by molar-refractivity contribution is 0.301. The fraction of sp³-hybridized carbons (Fsp3) is 0.667. The Kier molecular flexibility index (Phi) is 6.08. The lowest BCUT2D eigenvalue weighted by Crippen LogP contribution is -2.34. The molecular weight excluding hydrogens is 252 g/mol. The van der Waals surface area contributed by atoms with E-state index in [0.29, 0.717) is 0 Å². The van der Waals surface area contributed by atoms with Crippen LogP contribution in [0.2, 0.25) is 0 Å². The Morgan fingerprint density at radius 2 is 2.20 bits per heavy atom. The van der Waals surface area contributed by atoms with Gasteiger partial charge in [0.05, 0.1) is 6.61 Å². The Bertz CT molecular complexity index is 399. The number of pyridine rings is 1. The summed E-state index contributed by atoms with van der Waals surface area (Å²) >= 11 is 0. The van der Waals surface area contributed by atoms with E-state index in [1.807, 2.05) is 18.3 Å². The zero-order chi connectivity index (χ0) is 14.2. The topological polar surface area (TPSA) is 54.6 Å². The summed E-state index contributed by atoms with van der Waals surface area (Å²) < 4.78 is 5.82. The van der Waals surface area contributed by atoms with Crippen LogP contribution in [0.3, 0.4) is 0 Å². The normalized spacial score (nSPS) is 17.0. The standard InChI is InChI=1S/C15H26N4O/c1-2-13-20-14-5-3-7-17-15(14)19-9-4-8-18(10-6-16)11-12-19/h3,5,7H,2,4,6,8-13,16H2,1H3. The molecule has 0 saturated carbocycles. The molecule has 2 N–H and O–H groups in total. The van der Waals surface area contributed by atoms with Crippen LogP contribution in [0.1, 0.15) is 19.8 Å². The molecule has 5 nitrogen and oxygen atoms in total. The van der Waals surface area contributed by atoms with E-state index in [4.69, 9.17) is 10.5 Å². The third-order valence-corrected chi connectivity index (χ3v) is 3.55. The highest BCUT2D eigenvalue weighted by Gasteiger charge is 2.18. The summed E-state index contributed by atoms with van der Waals surface area (Å²) in [6, 6.07) is 3.95. The van der Waals surface area contributed by atoms with Crippen LogP contribution in [0.15, 0.2) is 18.3 Å². The first kappa shape index (κ1) is 15.1. The quantitative estimate of drug-likeness (QED) is 0.851. The molecule has 0 atom stereocenters. The van der Waals surface area contributed by atoms with E-state index >= 15 is 0 Å². The van der Waals surface area contributed by atoms with E-state index in [0.717, 1.165) is 70.3 Å². The first-order chi connectivity index (χ1) is 9.85. The number of hydrogen-bond acceptors (Lipinski definition) is 5. The third-order valence-electron chi connectivity index (χ3n) is 3.55. The predicted octanol–water partition coefficient (Wildman–Crippen LogP) is 1.34. The van der Waals surface area contributed by atoms with Gasteiger partial charge < -0.3 is 20.3 Å². The van der Waals surface area contributed by atoms with Crippen LogP contribution in [0, 0.1) is 0 Å². The van der Waals surface area contributed by atoms with Gasteiger partial charge in [-0.15, -0.1) is 0 Å². The Labute approximate surface area is 121 Å². The van der Waals surface area contributed by atoms with Gasteiger partial charge in [0.25, 0.3) is 0 Å². The van der Waals surface area contributed by atoms with Crippen molar-refractivity contribution in [3.8, 4) is 5.75 Å². The molecule has 1 fully saturated rings. The molecule has 2 heterocycles. The lowest BCUT2D eigenvalue weighted by Gasteiger charge is -2.24. The second kappa shape index (κ2) is 8.07. The van der Waals surface area contributed by atoms with Gasteiger partial charge in [0.1, 0.15) is 0 Å². The maximum atomic E-state index is 5.82. The van der Waals surface area contributed by atoms with Crippen LogP contribution < -0.4 is 15.4 Å². The van der Waals surface area contributed by atoms with E-state index in [-0.39, 0.29) is 0 Å². The molecule has 0 amide bonds. The summed E-state index contributed by atoms with van der Waals surface area (Å²) in [6.45, 7) is 8.74. The molecule has 1 saturated heterocycles. The van der Waals surface area contributed by atoms with Crippen molar-refractivity contribution in [1.29, 1.82) is 0 Å². The molecule has 0 aliphatic carbocycles. The summed E-state index contributed by atoms with van der Waals surface area (Å²) in [6.07, 6.45) is 4.00. The number of hydrogen-bond donors (Lipinski definition) is 1. The monoisotopic (exact) mass is 278 g/mol. The van der Waals surface area contributed by atoms with Crippen molar-refractivity contribution in [1.82, 2.24) is 9.88 Å². The molecule has 112 valence electrons. The number of anilines is 1. The summed E-state index contributed by atoms with van der Waals surface area (Å²) in [5.41, 5.74) is 5.65. The van der Waals surface area contributed by atoms with Gasteiger partial charge in [-0.05, 0) is 31.5 Å². The lowest BCUT2D eigenvalue weighted by atomic mass is 10.3. The SMILES string of the molecule is CCCOc1cccnc1N1CCCN(CCN)CC1. The Morgan fingerprint density at radius 3 is 3.00 bits per heavy atom. The molecule has 5 heteroatoms. The van der Waals surface area contributed by atoms with E-state index < -0.39 is 0 Å². The second-order valence-electron chi connectivity index (χ2n) is 5.14. The molecule has 0 unspecified atom stereocenters. The number of aromatic nitrogens is 1. The number of nitrogens with zero attached hydrogens (tertiary/aromatic N) is 3. The number of ether oxygens (including phenoxy) is 1. The summed E-state index contributed by atoms with van der Waals surface area (Å²) in [5.74, 6) is 1.89. The molecule has 0 bridgehead atoms. The zero-order valence-corrected chi connectivity index (χ0v) is 12.4. The molecule has 1 aromatic heterocycles. The van der Waals surface area contributed by atoms with Crippen LogP contribution >= 0.6 is 0 Å². The highest BCUT2D eigenvalue weighted by Crippen LogP contribution is 2.26. The van der Waals surface area contributed by atoms with Gasteiger partial charge in [-0.1, -0.05) is 6.92 Å². The summed E-state index contributed by atoms with van der Waals surface area (Å²) in [7, 11) is 0. The average Bonchev–Trinajstić information content (AvgIpc) is 2.71. The van der Waals surface area contributed by atoms with Gasteiger partial charge in [-0.3, -0.25) is 0 Å². The van der Waals surface area contributed by atoms with Crippen LogP contribution in [0.5, 0.6) is 5.75 Å². The largest absolute Gasteiger partial charge is 0.490 e. The molecule has 20 heavy (non-hydrogen) atoms. The summed E-state index contributed by atoms with van der Waals surface area (Å²) in [4.78, 5) is 9.29. The number of rotatable bonds is 6. The van der Waals surface area contributed by atoms with Crippen molar-refractivity contribution in [2.45, 2.75) is 19.8 Å². The maximum Gasteiger partial charge on any atom is 0.171 e. The first-order valence-electron chi connectivity index (χ1n) is 7.60. The van der Waals surface area contributed by atoms with Crippen molar-refractivity contribution in [2.75, 3.05) is 50.8 Å². The first-order valence-corrected chi connectivity index (χ1v) is 7.60. The maximum absolute atomic E-state index is 5.82. The molecule has 1 aromatic rings. The van der Waals surface area contributed by atoms with Crippen LogP contribution in [0.25, 0.3) is 0 Å². The molecular formula is C15H26N4O. The minimum Gasteiger partial charge on any atom is -0.490 e. The Hall–Kier alpha value is -1.33. The molecule has 2 rings (SSSR count). The fourth-order valence-corrected chi connectivity index (χ4v) is 2.53.